The second-order valence-electron chi connectivity index (χ2n) is 2.60. The number of nitrogens with two attached hydrogens (primary N) is 1. The largest absolute Gasteiger partial charge is 0.409 e. The fourth-order valence-electron chi connectivity index (χ4n) is 0.865. The number of hydrogen-bond acceptors (Lipinski definition) is 4. The maximum Gasteiger partial charge on any atom is 0.239 e. The van der Waals surface area contributed by atoms with Gasteiger partial charge in [0.15, 0.2) is 5.84 Å². The lowest BCUT2D eigenvalue weighted by Crippen LogP contribution is -2.16. The zero-order valence-corrected chi connectivity index (χ0v) is 8.40. The van der Waals surface area contributed by atoms with Crippen LogP contribution < -0.4 is 11.1 Å². The number of amidine groups is 1. The molecule has 0 aliphatic heterocycles. The van der Waals surface area contributed by atoms with Crippen molar-refractivity contribution in [1.82, 2.24) is 4.98 Å². The molecular formula is C8H9ClN4O2. The molecule has 0 radical (unpaired) electrons. The monoisotopic (exact) mass is 228 g/mol. The van der Waals surface area contributed by atoms with Crippen molar-refractivity contribution in [3.63, 3.8) is 0 Å². The molecule has 0 aliphatic rings. The number of carbonyl (C=O) groups is 1. The molecule has 0 saturated carbocycles. The zero-order chi connectivity index (χ0) is 11.3. The number of halogens is 1. The van der Waals surface area contributed by atoms with Crippen molar-refractivity contribution in [1.29, 1.82) is 0 Å². The van der Waals surface area contributed by atoms with Crippen molar-refractivity contribution >= 4 is 29.0 Å². The maximum absolute atomic E-state index is 10.9. The second kappa shape index (κ2) is 5.16. The van der Waals surface area contributed by atoms with Gasteiger partial charge in [0.2, 0.25) is 5.91 Å². The summed E-state index contributed by atoms with van der Waals surface area (Å²) < 4.78 is 0. The van der Waals surface area contributed by atoms with Crippen LogP contribution in [0.3, 0.4) is 0 Å². The van der Waals surface area contributed by atoms with Gasteiger partial charge in [0.25, 0.3) is 0 Å². The first-order valence-electron chi connectivity index (χ1n) is 3.97. The molecule has 6 nitrogen and oxygen atoms in total. The second-order valence-corrected chi connectivity index (χ2v) is 2.87. The minimum absolute atomic E-state index is 0.0924. The van der Waals surface area contributed by atoms with E-state index in [0.29, 0.717) is 11.4 Å². The summed E-state index contributed by atoms with van der Waals surface area (Å²) in [5.41, 5.74) is 6.12. The Morgan fingerprint density at radius 2 is 2.40 bits per heavy atom. The number of amides is 1. The number of hydrogen-bond donors (Lipinski definition) is 3. The first-order chi connectivity index (χ1) is 7.17. The van der Waals surface area contributed by atoms with Gasteiger partial charge in [-0.1, -0.05) is 5.16 Å². The van der Waals surface area contributed by atoms with Crippen LogP contribution in [0.2, 0.25) is 0 Å². The van der Waals surface area contributed by atoms with Crippen LogP contribution in [-0.4, -0.2) is 27.8 Å². The minimum atomic E-state index is -0.324. The molecule has 7 heteroatoms. The summed E-state index contributed by atoms with van der Waals surface area (Å²) in [5.74, 6) is -0.539. The molecule has 15 heavy (non-hydrogen) atoms. The van der Waals surface area contributed by atoms with Crippen molar-refractivity contribution in [2.45, 2.75) is 0 Å². The lowest BCUT2D eigenvalue weighted by molar-refractivity contribution is -0.113. The van der Waals surface area contributed by atoms with Crippen LogP contribution in [0.5, 0.6) is 0 Å². The van der Waals surface area contributed by atoms with E-state index >= 15 is 0 Å². The number of nitrogens with one attached hydrogen (secondary N) is 1. The highest BCUT2D eigenvalue weighted by molar-refractivity contribution is 6.29. The molecule has 1 heterocycles. The summed E-state index contributed by atoms with van der Waals surface area (Å²) in [4.78, 5) is 14.8. The van der Waals surface area contributed by atoms with Gasteiger partial charge < -0.3 is 16.3 Å². The molecular weight excluding hydrogens is 220 g/mol. The standard InChI is InChI=1S/C8H9ClN4O2/c9-3-7(14)12-5-1-2-6(11-4-5)8(10)13-15/h1-2,4,15H,3H2,(H2,10,13)(H,12,14). The summed E-state index contributed by atoms with van der Waals surface area (Å²) in [6.07, 6.45) is 1.39. The van der Waals surface area contributed by atoms with E-state index in [2.05, 4.69) is 15.5 Å². The molecule has 0 aromatic carbocycles. The van der Waals surface area contributed by atoms with Crippen LogP contribution in [0, 0.1) is 0 Å². The quantitative estimate of drug-likeness (QED) is 0.229. The lowest BCUT2D eigenvalue weighted by atomic mass is 10.3. The van der Waals surface area contributed by atoms with E-state index in [4.69, 9.17) is 22.5 Å². The fraction of sp³-hybridized carbons (Fsp3) is 0.125. The van der Waals surface area contributed by atoms with Crippen LogP contribution in [0.25, 0.3) is 0 Å². The molecule has 0 aliphatic carbocycles. The van der Waals surface area contributed by atoms with Gasteiger partial charge in [-0.3, -0.25) is 9.78 Å². The third-order valence-corrected chi connectivity index (χ3v) is 1.78. The smallest absolute Gasteiger partial charge is 0.239 e. The van der Waals surface area contributed by atoms with E-state index in [1.54, 1.807) is 6.07 Å². The summed E-state index contributed by atoms with van der Waals surface area (Å²) in [6.45, 7) is 0. The van der Waals surface area contributed by atoms with Crippen molar-refractivity contribution < 1.29 is 10.0 Å². The van der Waals surface area contributed by atoms with Crippen LogP contribution >= 0.6 is 11.6 Å². The molecule has 1 aromatic rings. The number of oxime groups is 1. The van der Waals surface area contributed by atoms with Crippen LogP contribution in [0.15, 0.2) is 23.5 Å². The fourth-order valence-corrected chi connectivity index (χ4v) is 0.932. The number of anilines is 1. The van der Waals surface area contributed by atoms with Crippen LogP contribution in [0.1, 0.15) is 5.69 Å². The molecule has 1 aromatic heterocycles. The molecule has 1 rings (SSSR count). The number of aromatic nitrogens is 1. The van der Waals surface area contributed by atoms with E-state index in [9.17, 15) is 4.79 Å². The summed E-state index contributed by atoms with van der Waals surface area (Å²) >= 11 is 5.30. The Kier molecular flexibility index (Phi) is 3.87. The van der Waals surface area contributed by atoms with Gasteiger partial charge in [0.1, 0.15) is 11.6 Å². The highest BCUT2D eigenvalue weighted by Crippen LogP contribution is 2.05. The number of carbonyl (C=O) groups excluding carboxylic acids is 1. The normalized spacial score (nSPS) is 11.1. The van der Waals surface area contributed by atoms with E-state index in [1.165, 1.54) is 12.3 Å². The van der Waals surface area contributed by atoms with E-state index in [-0.39, 0.29) is 17.6 Å². The van der Waals surface area contributed by atoms with E-state index < -0.39 is 0 Å². The predicted molar refractivity (Wildman–Crippen MR) is 56.1 cm³/mol. The Bertz CT molecular complexity index is 377. The molecule has 0 unspecified atom stereocenters. The van der Waals surface area contributed by atoms with E-state index in [0.717, 1.165) is 0 Å². The first kappa shape index (κ1) is 11.3. The highest BCUT2D eigenvalue weighted by Gasteiger charge is 2.02. The Balaban J connectivity index is 2.77. The van der Waals surface area contributed by atoms with E-state index in [1.807, 2.05) is 0 Å². The van der Waals surface area contributed by atoms with Gasteiger partial charge in [0, 0.05) is 0 Å². The average Bonchev–Trinajstić information content (AvgIpc) is 2.29. The Morgan fingerprint density at radius 3 is 2.87 bits per heavy atom. The van der Waals surface area contributed by atoms with Crippen molar-refractivity contribution in [2.24, 2.45) is 10.9 Å². The zero-order valence-electron chi connectivity index (χ0n) is 7.64. The third kappa shape index (κ3) is 3.10. The molecule has 80 valence electrons. The number of alkyl halides is 1. The molecule has 1 amide bonds. The van der Waals surface area contributed by atoms with Gasteiger partial charge in [-0.25, -0.2) is 0 Å². The Hall–Kier alpha value is -1.82. The molecule has 0 spiro atoms. The predicted octanol–water partition coefficient (Wildman–Crippen LogP) is 0.353. The van der Waals surface area contributed by atoms with Crippen molar-refractivity contribution in [2.75, 3.05) is 11.2 Å². The first-order valence-corrected chi connectivity index (χ1v) is 4.50. The third-order valence-electron chi connectivity index (χ3n) is 1.54. The van der Waals surface area contributed by atoms with Crippen molar-refractivity contribution in [3.8, 4) is 0 Å². The molecule has 4 N–H and O–H groups in total. The average molecular weight is 229 g/mol. The summed E-state index contributed by atoms with van der Waals surface area (Å²) in [7, 11) is 0. The van der Waals surface area contributed by atoms with Crippen molar-refractivity contribution in [3.05, 3.63) is 24.0 Å². The van der Waals surface area contributed by atoms with Gasteiger partial charge in [-0.05, 0) is 12.1 Å². The summed E-state index contributed by atoms with van der Waals surface area (Å²) in [5, 5.41) is 13.7. The number of nitrogens with zero attached hydrogens (tertiary/aromatic N) is 2. The lowest BCUT2D eigenvalue weighted by Gasteiger charge is -2.02. The molecule has 0 bridgehead atoms. The molecule has 0 atom stereocenters. The van der Waals surface area contributed by atoms with Crippen LogP contribution in [0.4, 0.5) is 5.69 Å². The van der Waals surface area contributed by atoms with Gasteiger partial charge >= 0.3 is 0 Å². The highest BCUT2D eigenvalue weighted by atomic mass is 35.5. The maximum atomic E-state index is 10.9. The minimum Gasteiger partial charge on any atom is -0.409 e. The molecule has 0 fully saturated rings. The number of rotatable bonds is 3. The Morgan fingerprint density at radius 1 is 1.67 bits per heavy atom. The molecule has 0 saturated heterocycles. The Labute approximate surface area is 90.7 Å². The van der Waals surface area contributed by atoms with Crippen LogP contribution in [-0.2, 0) is 4.79 Å². The number of pyridine rings is 1. The SMILES string of the molecule is N/C(=N/O)c1ccc(NC(=O)CCl)cn1. The topological polar surface area (TPSA) is 101 Å². The van der Waals surface area contributed by atoms with Gasteiger partial charge in [-0.2, -0.15) is 0 Å². The van der Waals surface area contributed by atoms with Gasteiger partial charge in [0.05, 0.1) is 11.9 Å². The summed E-state index contributed by atoms with van der Waals surface area (Å²) in [6, 6.07) is 3.09. The van der Waals surface area contributed by atoms with Gasteiger partial charge in [-0.15, -0.1) is 11.6 Å².